The molecule has 94 valence electrons. The molecule has 0 amide bonds. The summed E-state index contributed by atoms with van der Waals surface area (Å²) >= 11 is 0. The average molecular weight is 236 g/mol. The smallest absolute Gasteiger partial charge is 0.324 e. The van der Waals surface area contributed by atoms with Gasteiger partial charge in [0.25, 0.3) is 0 Å². The Hall–Kier alpha value is -1.10. The van der Waals surface area contributed by atoms with Crippen LogP contribution in [0, 0.1) is 12.3 Å². The number of aryl methyl sites for hydroxylation is 1. The second-order valence-electron chi connectivity index (χ2n) is 5.43. The Morgan fingerprint density at radius 1 is 1.35 bits per heavy atom. The molecule has 0 saturated carbocycles. The highest BCUT2D eigenvalue weighted by molar-refractivity contribution is 5.27. The van der Waals surface area contributed by atoms with Gasteiger partial charge in [-0.25, -0.2) is 0 Å². The highest BCUT2D eigenvalue weighted by Crippen LogP contribution is 2.37. The maximum Gasteiger partial charge on any atom is 0.324 e. The zero-order valence-corrected chi connectivity index (χ0v) is 10.4. The minimum Gasteiger partial charge on any atom is -0.324 e. The molecule has 2 saturated heterocycles. The molecular formula is C12H20N4O. The first kappa shape index (κ1) is 11.0. The normalized spacial score (nSPS) is 29.8. The molecule has 0 aliphatic carbocycles. The predicted molar refractivity (Wildman–Crippen MR) is 65.0 cm³/mol. The maximum atomic E-state index is 5.28. The molecule has 0 bridgehead atoms. The molecule has 1 spiro atoms. The fourth-order valence-corrected chi connectivity index (χ4v) is 3.16. The monoisotopic (exact) mass is 236 g/mol. The molecule has 1 N–H and O–H groups in total. The molecule has 2 aliphatic rings. The molecule has 17 heavy (non-hydrogen) atoms. The number of anilines is 1. The van der Waals surface area contributed by atoms with Crippen molar-refractivity contribution in [3.63, 3.8) is 0 Å². The number of hydrogen-bond acceptors (Lipinski definition) is 5. The van der Waals surface area contributed by atoms with Crippen LogP contribution in [0.3, 0.4) is 0 Å². The van der Waals surface area contributed by atoms with E-state index in [-0.39, 0.29) is 0 Å². The molecule has 1 aromatic heterocycles. The first-order valence-corrected chi connectivity index (χ1v) is 6.53. The van der Waals surface area contributed by atoms with Crippen molar-refractivity contribution in [1.82, 2.24) is 15.5 Å². The maximum absolute atomic E-state index is 5.28. The van der Waals surface area contributed by atoms with Gasteiger partial charge in [0.2, 0.25) is 0 Å². The van der Waals surface area contributed by atoms with Crippen LogP contribution in [0.2, 0.25) is 0 Å². The number of piperidine rings is 2. The highest BCUT2D eigenvalue weighted by atomic mass is 16.5. The SMILES string of the molecule is Cc1noc(N2CCCC3(CCCNC3)C2)n1. The van der Waals surface area contributed by atoms with Gasteiger partial charge in [-0.2, -0.15) is 4.98 Å². The topological polar surface area (TPSA) is 54.2 Å². The quantitative estimate of drug-likeness (QED) is 0.797. The largest absolute Gasteiger partial charge is 0.324 e. The van der Waals surface area contributed by atoms with Crippen LogP contribution in [0.4, 0.5) is 6.01 Å². The minimum atomic E-state index is 0.429. The molecule has 2 fully saturated rings. The summed E-state index contributed by atoms with van der Waals surface area (Å²) in [6.07, 6.45) is 5.16. The molecule has 1 aromatic rings. The van der Waals surface area contributed by atoms with Crippen LogP contribution >= 0.6 is 0 Å². The van der Waals surface area contributed by atoms with Gasteiger partial charge in [-0.1, -0.05) is 5.16 Å². The molecular weight excluding hydrogens is 216 g/mol. The van der Waals surface area contributed by atoms with Gasteiger partial charge in [0.1, 0.15) is 0 Å². The van der Waals surface area contributed by atoms with Crippen molar-refractivity contribution in [2.75, 3.05) is 31.1 Å². The first-order chi connectivity index (χ1) is 8.27. The molecule has 3 heterocycles. The van der Waals surface area contributed by atoms with Crippen LogP contribution in [0.1, 0.15) is 31.5 Å². The predicted octanol–water partition coefficient (Wildman–Crippen LogP) is 1.35. The van der Waals surface area contributed by atoms with Gasteiger partial charge < -0.3 is 14.7 Å². The Labute approximate surface area is 102 Å². The second-order valence-corrected chi connectivity index (χ2v) is 5.43. The molecule has 3 rings (SSSR count). The van der Waals surface area contributed by atoms with Gasteiger partial charge in [0, 0.05) is 25.0 Å². The Balaban J connectivity index is 1.74. The second kappa shape index (κ2) is 4.29. The summed E-state index contributed by atoms with van der Waals surface area (Å²) in [5.41, 5.74) is 0.429. The van der Waals surface area contributed by atoms with Crippen LogP contribution in [0.15, 0.2) is 4.52 Å². The lowest BCUT2D eigenvalue weighted by molar-refractivity contribution is 0.168. The summed E-state index contributed by atoms with van der Waals surface area (Å²) in [6, 6.07) is 0.701. The van der Waals surface area contributed by atoms with Gasteiger partial charge in [0.15, 0.2) is 5.82 Å². The summed E-state index contributed by atoms with van der Waals surface area (Å²) in [5, 5.41) is 7.41. The number of nitrogens with zero attached hydrogens (tertiary/aromatic N) is 3. The lowest BCUT2D eigenvalue weighted by Gasteiger charge is -2.44. The third-order valence-electron chi connectivity index (χ3n) is 4.01. The Morgan fingerprint density at radius 3 is 2.94 bits per heavy atom. The van der Waals surface area contributed by atoms with Crippen molar-refractivity contribution in [3.05, 3.63) is 5.82 Å². The van der Waals surface area contributed by atoms with E-state index in [0.29, 0.717) is 11.4 Å². The van der Waals surface area contributed by atoms with E-state index >= 15 is 0 Å². The number of aromatic nitrogens is 2. The van der Waals surface area contributed by atoms with Crippen LogP contribution < -0.4 is 10.2 Å². The van der Waals surface area contributed by atoms with Gasteiger partial charge in [-0.05, 0) is 39.2 Å². The van der Waals surface area contributed by atoms with Gasteiger partial charge in [0.05, 0.1) is 0 Å². The van der Waals surface area contributed by atoms with Crippen molar-refractivity contribution in [2.24, 2.45) is 5.41 Å². The molecule has 1 atom stereocenters. The Morgan fingerprint density at radius 2 is 2.24 bits per heavy atom. The first-order valence-electron chi connectivity index (χ1n) is 6.53. The minimum absolute atomic E-state index is 0.429. The fourth-order valence-electron chi connectivity index (χ4n) is 3.16. The zero-order chi connectivity index (χ0) is 11.7. The van der Waals surface area contributed by atoms with E-state index in [1.54, 1.807) is 0 Å². The standard InChI is InChI=1S/C12H20N4O/c1-10-14-11(17-15-10)16-7-3-5-12(9-16)4-2-6-13-8-12/h13H,2-9H2,1H3. The van der Waals surface area contributed by atoms with Crippen molar-refractivity contribution < 1.29 is 4.52 Å². The van der Waals surface area contributed by atoms with Crippen molar-refractivity contribution in [1.29, 1.82) is 0 Å². The molecule has 1 unspecified atom stereocenters. The van der Waals surface area contributed by atoms with E-state index in [1.807, 2.05) is 6.92 Å². The molecule has 0 radical (unpaired) electrons. The van der Waals surface area contributed by atoms with Crippen molar-refractivity contribution in [3.8, 4) is 0 Å². The third kappa shape index (κ3) is 2.16. The van der Waals surface area contributed by atoms with E-state index in [1.165, 1.54) is 32.2 Å². The summed E-state index contributed by atoms with van der Waals surface area (Å²) in [4.78, 5) is 6.60. The zero-order valence-electron chi connectivity index (χ0n) is 10.4. The Kier molecular flexibility index (Phi) is 2.78. The van der Waals surface area contributed by atoms with Gasteiger partial charge in [-0.3, -0.25) is 0 Å². The molecule has 5 heteroatoms. The number of nitrogens with one attached hydrogen (secondary N) is 1. The van der Waals surface area contributed by atoms with Crippen molar-refractivity contribution in [2.45, 2.75) is 32.6 Å². The average Bonchev–Trinajstić information content (AvgIpc) is 2.77. The van der Waals surface area contributed by atoms with Crippen LogP contribution in [0.25, 0.3) is 0 Å². The highest BCUT2D eigenvalue weighted by Gasteiger charge is 2.37. The summed E-state index contributed by atoms with van der Waals surface area (Å²) in [5.74, 6) is 0.724. The fraction of sp³-hybridized carbons (Fsp3) is 0.833. The lowest BCUT2D eigenvalue weighted by atomic mass is 9.74. The molecule has 5 nitrogen and oxygen atoms in total. The number of rotatable bonds is 1. The lowest BCUT2D eigenvalue weighted by Crippen LogP contribution is -2.51. The molecule has 2 aliphatic heterocycles. The van der Waals surface area contributed by atoms with E-state index in [4.69, 9.17) is 4.52 Å². The van der Waals surface area contributed by atoms with E-state index in [9.17, 15) is 0 Å². The van der Waals surface area contributed by atoms with E-state index < -0.39 is 0 Å². The van der Waals surface area contributed by atoms with Crippen molar-refractivity contribution >= 4 is 6.01 Å². The van der Waals surface area contributed by atoms with Crippen LogP contribution in [0.5, 0.6) is 0 Å². The summed E-state index contributed by atoms with van der Waals surface area (Å²) < 4.78 is 5.28. The van der Waals surface area contributed by atoms with E-state index in [2.05, 4.69) is 20.4 Å². The van der Waals surface area contributed by atoms with Gasteiger partial charge in [-0.15, -0.1) is 0 Å². The third-order valence-corrected chi connectivity index (χ3v) is 4.01. The van der Waals surface area contributed by atoms with E-state index in [0.717, 1.165) is 25.5 Å². The Bertz CT molecular complexity index is 378. The van der Waals surface area contributed by atoms with Gasteiger partial charge >= 0.3 is 6.01 Å². The summed E-state index contributed by atoms with van der Waals surface area (Å²) in [6.45, 7) is 6.28. The molecule has 0 aromatic carbocycles. The van der Waals surface area contributed by atoms with Crippen LogP contribution in [-0.4, -0.2) is 36.3 Å². The number of hydrogen-bond donors (Lipinski definition) is 1. The van der Waals surface area contributed by atoms with Crippen LogP contribution in [-0.2, 0) is 0 Å². The summed E-state index contributed by atoms with van der Waals surface area (Å²) in [7, 11) is 0.